The Morgan fingerprint density at radius 1 is 1.55 bits per heavy atom. The van der Waals surface area contributed by atoms with Crippen LogP contribution in [-0.4, -0.2) is 67.9 Å². The summed E-state index contributed by atoms with van der Waals surface area (Å²) in [5.41, 5.74) is 0. The summed E-state index contributed by atoms with van der Waals surface area (Å²) in [5.74, 6) is 0. The Labute approximate surface area is 124 Å². The zero-order valence-electron chi connectivity index (χ0n) is 11.0. The lowest BCUT2D eigenvalue weighted by Crippen LogP contribution is -2.44. The van der Waals surface area contributed by atoms with E-state index >= 15 is 0 Å². The van der Waals surface area contributed by atoms with Gasteiger partial charge in [-0.3, -0.25) is 4.18 Å². The zero-order valence-corrected chi connectivity index (χ0v) is 12.7. The van der Waals surface area contributed by atoms with Gasteiger partial charge in [0.25, 0.3) is 0 Å². The molecule has 2 aliphatic heterocycles. The van der Waals surface area contributed by atoms with Gasteiger partial charge in [-0.1, -0.05) is 12.7 Å². The average Bonchev–Trinajstić information content (AvgIpc) is 2.90. The monoisotopic (exact) mass is 322 g/mol. The number of nitrogens with zero attached hydrogens (tertiary/aromatic N) is 2. The number of likely N-dealkylation sites (tertiary alicyclic amines) is 1. The summed E-state index contributed by atoms with van der Waals surface area (Å²) >= 11 is 4.37. The van der Waals surface area contributed by atoms with Gasteiger partial charge in [0.1, 0.15) is 6.61 Å². The van der Waals surface area contributed by atoms with Crippen LogP contribution < -0.4 is 0 Å². The van der Waals surface area contributed by atoms with Crippen molar-refractivity contribution in [1.82, 2.24) is 9.21 Å². The zero-order chi connectivity index (χ0) is 14.8. The quantitative estimate of drug-likeness (QED) is 0.593. The van der Waals surface area contributed by atoms with Crippen LogP contribution in [0.1, 0.15) is 6.42 Å². The predicted octanol–water partition coefficient (Wildman–Crippen LogP) is 0.259. The fourth-order valence-electron chi connectivity index (χ4n) is 2.35. The van der Waals surface area contributed by atoms with Crippen molar-refractivity contribution in [2.45, 2.75) is 17.7 Å². The highest BCUT2D eigenvalue weighted by molar-refractivity contribution is 7.84. The molecule has 0 aromatic rings. The molecule has 2 saturated heterocycles. The van der Waals surface area contributed by atoms with E-state index in [1.807, 2.05) is 0 Å². The van der Waals surface area contributed by atoms with Gasteiger partial charge >= 0.3 is 16.4 Å². The van der Waals surface area contributed by atoms with Crippen molar-refractivity contribution >= 4 is 29.0 Å². The van der Waals surface area contributed by atoms with E-state index in [0.717, 1.165) is 0 Å². The third-order valence-corrected chi connectivity index (χ3v) is 5.06. The molecule has 0 saturated carbocycles. The normalized spacial score (nSPS) is 29.6. The van der Waals surface area contributed by atoms with Crippen LogP contribution in [0.2, 0.25) is 0 Å². The first-order valence-corrected chi connectivity index (χ1v) is 8.19. The Kier molecular flexibility index (Phi) is 4.95. The van der Waals surface area contributed by atoms with E-state index in [9.17, 15) is 13.2 Å². The second kappa shape index (κ2) is 6.33. The molecule has 0 unspecified atom stereocenters. The molecule has 2 fully saturated rings. The Hall–Kier alpha value is -0.770. The van der Waals surface area contributed by atoms with Crippen molar-refractivity contribution in [2.24, 2.45) is 0 Å². The predicted molar refractivity (Wildman–Crippen MR) is 75.9 cm³/mol. The van der Waals surface area contributed by atoms with E-state index < -0.39 is 16.4 Å². The molecule has 1 amide bonds. The minimum atomic E-state index is -3.64. The maximum absolute atomic E-state index is 11.9. The number of hydrogen-bond donors (Lipinski definition) is 1. The van der Waals surface area contributed by atoms with Gasteiger partial charge in [-0.15, -0.1) is 0 Å². The molecule has 0 aliphatic carbocycles. The molecule has 0 aromatic heterocycles. The van der Waals surface area contributed by atoms with Crippen molar-refractivity contribution < 1.29 is 22.1 Å². The molecular weight excluding hydrogens is 304 g/mol. The number of ether oxygens (including phenoxy) is 1. The first-order valence-electron chi connectivity index (χ1n) is 6.31. The molecule has 0 radical (unpaired) electrons. The summed E-state index contributed by atoms with van der Waals surface area (Å²) in [4.78, 5) is 13.4. The summed E-state index contributed by atoms with van der Waals surface area (Å²) in [6.07, 6.45) is 1.64. The van der Waals surface area contributed by atoms with Crippen LogP contribution in [0.5, 0.6) is 0 Å². The van der Waals surface area contributed by atoms with Crippen LogP contribution in [0.25, 0.3) is 0 Å². The largest absolute Gasteiger partial charge is 0.445 e. The van der Waals surface area contributed by atoms with Crippen LogP contribution in [0.4, 0.5) is 4.79 Å². The van der Waals surface area contributed by atoms with E-state index in [1.54, 1.807) is 0 Å². The number of carbonyl (C=O) groups is 1. The molecule has 2 atom stereocenters. The molecule has 0 aromatic carbocycles. The second-order valence-corrected chi connectivity index (χ2v) is 7.04. The van der Waals surface area contributed by atoms with Gasteiger partial charge in [0.15, 0.2) is 0 Å². The van der Waals surface area contributed by atoms with Crippen molar-refractivity contribution in [1.29, 1.82) is 0 Å². The molecule has 2 rings (SSSR count). The SMILES string of the molecule is C=CCOC(=O)N1C[C@@H](S)C[C@H]1CN1CCOS1(=O)=O. The number of carbonyl (C=O) groups excluding carboxylic acids is 1. The maximum Gasteiger partial charge on any atom is 0.410 e. The molecule has 9 heteroatoms. The molecule has 0 spiro atoms. The standard InChI is InChI=1S/C11H18N2O5S2/c1-2-4-17-11(14)13-8-10(19)6-9(13)7-12-3-5-18-20(12,15)16/h2,9-10,19H,1,3-8H2/t9-,10-/m0/s1. The highest BCUT2D eigenvalue weighted by atomic mass is 32.2. The van der Waals surface area contributed by atoms with Crippen molar-refractivity contribution in [3.8, 4) is 0 Å². The third kappa shape index (κ3) is 3.46. The lowest BCUT2D eigenvalue weighted by Gasteiger charge is -2.26. The van der Waals surface area contributed by atoms with E-state index in [2.05, 4.69) is 23.4 Å². The maximum atomic E-state index is 11.9. The molecule has 114 valence electrons. The summed E-state index contributed by atoms with van der Waals surface area (Å²) in [7, 11) is -3.64. The Bertz CT molecular complexity index is 481. The van der Waals surface area contributed by atoms with Crippen LogP contribution in [0.15, 0.2) is 12.7 Å². The lowest BCUT2D eigenvalue weighted by molar-refractivity contribution is 0.104. The van der Waals surface area contributed by atoms with Gasteiger partial charge in [0.05, 0.1) is 12.6 Å². The Balaban J connectivity index is 2.01. The minimum absolute atomic E-state index is 0.0162. The van der Waals surface area contributed by atoms with Gasteiger partial charge in [0.2, 0.25) is 0 Å². The van der Waals surface area contributed by atoms with E-state index in [-0.39, 0.29) is 31.1 Å². The Morgan fingerprint density at radius 2 is 2.30 bits per heavy atom. The number of thiol groups is 1. The van der Waals surface area contributed by atoms with Crippen LogP contribution in [0, 0.1) is 0 Å². The van der Waals surface area contributed by atoms with Gasteiger partial charge < -0.3 is 9.64 Å². The Morgan fingerprint density at radius 3 is 2.90 bits per heavy atom. The van der Waals surface area contributed by atoms with Crippen molar-refractivity contribution in [2.75, 3.05) is 32.8 Å². The highest BCUT2D eigenvalue weighted by Gasteiger charge is 2.39. The summed E-state index contributed by atoms with van der Waals surface area (Å²) < 4.78 is 34.2. The molecule has 7 nitrogen and oxygen atoms in total. The lowest BCUT2D eigenvalue weighted by atomic mass is 10.2. The fourth-order valence-corrected chi connectivity index (χ4v) is 3.86. The molecular formula is C11H18N2O5S2. The first-order chi connectivity index (χ1) is 9.44. The fraction of sp³-hybridized carbons (Fsp3) is 0.727. The molecule has 2 heterocycles. The van der Waals surface area contributed by atoms with Crippen LogP contribution in [-0.2, 0) is 19.2 Å². The van der Waals surface area contributed by atoms with Crippen molar-refractivity contribution in [3.05, 3.63) is 12.7 Å². The third-order valence-electron chi connectivity index (χ3n) is 3.26. The molecule has 0 N–H and O–H groups in total. The average molecular weight is 322 g/mol. The summed E-state index contributed by atoms with van der Waals surface area (Å²) in [6.45, 7) is 4.73. The number of rotatable bonds is 4. The van der Waals surface area contributed by atoms with Crippen LogP contribution >= 0.6 is 12.6 Å². The summed E-state index contributed by atoms with van der Waals surface area (Å²) in [5, 5.41) is 0.0162. The molecule has 2 aliphatic rings. The minimum Gasteiger partial charge on any atom is -0.445 e. The number of amides is 1. The van der Waals surface area contributed by atoms with Gasteiger partial charge in [-0.25, -0.2) is 4.79 Å². The smallest absolute Gasteiger partial charge is 0.410 e. The van der Waals surface area contributed by atoms with Gasteiger partial charge in [-0.2, -0.15) is 25.4 Å². The summed E-state index contributed by atoms with van der Waals surface area (Å²) in [6, 6.07) is -0.244. The topological polar surface area (TPSA) is 76.2 Å². The second-order valence-electron chi connectivity index (χ2n) is 4.70. The van der Waals surface area contributed by atoms with E-state index in [4.69, 9.17) is 4.74 Å². The van der Waals surface area contributed by atoms with Gasteiger partial charge in [0, 0.05) is 24.9 Å². The van der Waals surface area contributed by atoms with Crippen molar-refractivity contribution in [3.63, 3.8) is 0 Å². The molecule has 0 bridgehead atoms. The molecule has 20 heavy (non-hydrogen) atoms. The van der Waals surface area contributed by atoms with Gasteiger partial charge in [-0.05, 0) is 6.42 Å². The number of hydrogen-bond acceptors (Lipinski definition) is 6. The van der Waals surface area contributed by atoms with Crippen LogP contribution in [0.3, 0.4) is 0 Å². The highest BCUT2D eigenvalue weighted by Crippen LogP contribution is 2.25. The van der Waals surface area contributed by atoms with E-state index in [0.29, 0.717) is 19.5 Å². The van der Waals surface area contributed by atoms with E-state index in [1.165, 1.54) is 15.3 Å². The first kappa shape index (κ1) is 15.6.